The molecule has 13 heteroatoms. The Morgan fingerprint density at radius 1 is 1.11 bits per heavy atom. The van der Waals surface area contributed by atoms with Crippen molar-refractivity contribution in [2.45, 2.75) is 50.5 Å². The Labute approximate surface area is 215 Å². The van der Waals surface area contributed by atoms with E-state index >= 15 is 0 Å². The van der Waals surface area contributed by atoms with Crippen molar-refractivity contribution in [1.29, 1.82) is 0 Å². The normalized spacial score (nSPS) is 25.8. The van der Waals surface area contributed by atoms with Crippen LogP contribution in [-0.4, -0.2) is 76.0 Å². The zero-order valence-corrected chi connectivity index (χ0v) is 20.8. The summed E-state index contributed by atoms with van der Waals surface area (Å²) in [6, 6.07) is 3.77. The van der Waals surface area contributed by atoms with Crippen molar-refractivity contribution in [3.8, 4) is 11.9 Å². The minimum atomic E-state index is -1.40. The number of hydrogen-bond acceptors (Lipinski definition) is 9. The predicted molar refractivity (Wildman–Crippen MR) is 126 cm³/mol. The summed E-state index contributed by atoms with van der Waals surface area (Å²) < 4.78 is 56.5. The number of aromatic nitrogens is 3. The summed E-state index contributed by atoms with van der Waals surface area (Å²) >= 11 is 6.25. The highest BCUT2D eigenvalue weighted by atomic mass is 35.5. The third kappa shape index (κ3) is 4.85. The lowest BCUT2D eigenvalue weighted by Crippen LogP contribution is -2.46. The standard InChI is InChI=1S/C22H20ClF2N3O7.C2H6/c23-11-3-14-19(28-21(26-14)35-16-6-33-17-15(29)5-32-18(16)17)27-20(11)34-4-10-12(24)1-9(2-13(10)25)22(30)7-31-8-22;1-2/h1-3,15-18,29-30H,4-8H2,(H,26,27,28);1-2H3/t15-,16-,17-,18-;/m1./s1. The Bertz CT molecular complexity index is 1270. The summed E-state index contributed by atoms with van der Waals surface area (Å²) in [4.78, 5) is 11.4. The van der Waals surface area contributed by atoms with Gasteiger partial charge >= 0.3 is 0 Å². The summed E-state index contributed by atoms with van der Waals surface area (Å²) in [7, 11) is 0. The van der Waals surface area contributed by atoms with E-state index in [4.69, 9.17) is 35.3 Å². The fourth-order valence-corrected chi connectivity index (χ4v) is 4.54. The summed E-state index contributed by atoms with van der Waals surface area (Å²) in [5, 5.41) is 20.2. The second kappa shape index (κ2) is 10.3. The number of aromatic amines is 1. The molecule has 1 aromatic carbocycles. The molecule has 0 amide bonds. The van der Waals surface area contributed by atoms with Gasteiger partial charge in [0.25, 0.3) is 6.01 Å². The second-order valence-corrected chi connectivity index (χ2v) is 9.15. The zero-order chi connectivity index (χ0) is 26.3. The fraction of sp³-hybridized carbons (Fsp3) is 0.500. The third-order valence-electron chi connectivity index (χ3n) is 6.33. The lowest BCUT2D eigenvalue weighted by molar-refractivity contribution is -0.184. The number of nitrogens with zero attached hydrogens (tertiary/aromatic N) is 2. The molecule has 10 nitrogen and oxygen atoms in total. The topological polar surface area (TPSA) is 128 Å². The van der Waals surface area contributed by atoms with Crippen molar-refractivity contribution in [2.75, 3.05) is 26.4 Å². The molecular formula is C24H26ClF2N3O7. The highest BCUT2D eigenvalue weighted by Crippen LogP contribution is 2.33. The molecule has 37 heavy (non-hydrogen) atoms. The number of rotatable bonds is 6. The molecule has 0 saturated carbocycles. The largest absolute Gasteiger partial charge is 0.471 e. The lowest BCUT2D eigenvalue weighted by atomic mass is 9.91. The molecular weight excluding hydrogens is 516 g/mol. The van der Waals surface area contributed by atoms with Crippen LogP contribution in [0.15, 0.2) is 18.2 Å². The Hall–Kier alpha value is -2.61. The number of benzene rings is 1. The van der Waals surface area contributed by atoms with Crippen molar-refractivity contribution in [3.63, 3.8) is 0 Å². The second-order valence-electron chi connectivity index (χ2n) is 8.74. The first kappa shape index (κ1) is 26.0. The maximum Gasteiger partial charge on any atom is 0.296 e. The van der Waals surface area contributed by atoms with Crippen LogP contribution in [0.4, 0.5) is 8.78 Å². The number of fused-ring (bicyclic) bond motifs is 2. The van der Waals surface area contributed by atoms with Gasteiger partial charge in [-0.15, -0.1) is 0 Å². The fourth-order valence-electron chi connectivity index (χ4n) is 4.34. The van der Waals surface area contributed by atoms with E-state index < -0.39 is 48.3 Å². The third-order valence-corrected chi connectivity index (χ3v) is 6.60. The van der Waals surface area contributed by atoms with Crippen LogP contribution in [0.25, 0.3) is 11.2 Å². The van der Waals surface area contributed by atoms with Crippen LogP contribution in [0, 0.1) is 11.6 Å². The molecule has 3 aliphatic heterocycles. The first-order valence-corrected chi connectivity index (χ1v) is 12.2. The van der Waals surface area contributed by atoms with E-state index in [1.165, 1.54) is 6.07 Å². The van der Waals surface area contributed by atoms with Crippen LogP contribution in [0.1, 0.15) is 25.0 Å². The van der Waals surface area contributed by atoms with Gasteiger partial charge in [-0.25, -0.2) is 8.78 Å². The lowest BCUT2D eigenvalue weighted by Gasteiger charge is -2.36. The number of aliphatic hydroxyl groups is 2. The molecule has 6 rings (SSSR count). The van der Waals surface area contributed by atoms with Crippen LogP contribution in [0.2, 0.25) is 5.02 Å². The number of ether oxygens (including phenoxy) is 5. The van der Waals surface area contributed by atoms with E-state index in [1.54, 1.807) is 0 Å². The number of halogens is 3. The molecule has 2 aromatic heterocycles. The van der Waals surface area contributed by atoms with Crippen molar-refractivity contribution in [3.05, 3.63) is 46.0 Å². The van der Waals surface area contributed by atoms with Gasteiger partial charge in [0.05, 0.1) is 37.5 Å². The monoisotopic (exact) mass is 541 g/mol. The average molecular weight is 542 g/mol. The molecule has 3 aliphatic rings. The van der Waals surface area contributed by atoms with Gasteiger partial charge in [0.15, 0.2) is 11.8 Å². The molecule has 0 radical (unpaired) electrons. The summed E-state index contributed by atoms with van der Waals surface area (Å²) in [5.41, 5.74) is -0.966. The van der Waals surface area contributed by atoms with Crippen LogP contribution in [0.3, 0.4) is 0 Å². The Morgan fingerprint density at radius 3 is 2.49 bits per heavy atom. The predicted octanol–water partition coefficient (Wildman–Crippen LogP) is 2.62. The van der Waals surface area contributed by atoms with Gasteiger partial charge in [-0.05, 0) is 23.8 Å². The average Bonchev–Trinajstić information content (AvgIpc) is 3.55. The van der Waals surface area contributed by atoms with Crippen molar-refractivity contribution in [1.82, 2.24) is 15.0 Å². The molecule has 4 atom stereocenters. The Kier molecular flexibility index (Phi) is 7.22. The quantitative estimate of drug-likeness (QED) is 0.431. The Balaban J connectivity index is 0.00000137. The molecule has 5 heterocycles. The van der Waals surface area contributed by atoms with E-state index in [0.29, 0.717) is 5.52 Å². The number of H-pyrrole nitrogens is 1. The number of aliphatic hydroxyl groups excluding tert-OH is 1. The number of hydrogen-bond donors (Lipinski definition) is 3. The van der Waals surface area contributed by atoms with Gasteiger partial charge in [0.1, 0.15) is 47.2 Å². The van der Waals surface area contributed by atoms with Gasteiger partial charge in [-0.3, -0.25) is 0 Å². The van der Waals surface area contributed by atoms with E-state index in [1.807, 2.05) is 13.8 Å². The summed E-state index contributed by atoms with van der Waals surface area (Å²) in [6.45, 7) is 3.86. The van der Waals surface area contributed by atoms with Gasteiger partial charge in [0.2, 0.25) is 5.88 Å². The van der Waals surface area contributed by atoms with Crippen molar-refractivity contribution in [2.24, 2.45) is 0 Å². The minimum absolute atomic E-state index is 0.0272. The van der Waals surface area contributed by atoms with E-state index in [0.717, 1.165) is 12.1 Å². The van der Waals surface area contributed by atoms with E-state index in [-0.39, 0.29) is 60.1 Å². The summed E-state index contributed by atoms with van der Waals surface area (Å²) in [5.74, 6) is -1.81. The number of nitrogens with one attached hydrogen (secondary N) is 1. The van der Waals surface area contributed by atoms with Gasteiger partial charge < -0.3 is 38.9 Å². The van der Waals surface area contributed by atoms with Crippen LogP contribution in [0.5, 0.6) is 11.9 Å². The maximum atomic E-state index is 14.6. The smallest absolute Gasteiger partial charge is 0.296 e. The minimum Gasteiger partial charge on any atom is -0.471 e. The molecule has 3 N–H and O–H groups in total. The van der Waals surface area contributed by atoms with Crippen LogP contribution in [-0.2, 0) is 26.4 Å². The van der Waals surface area contributed by atoms with Gasteiger partial charge in [0, 0.05) is 0 Å². The van der Waals surface area contributed by atoms with E-state index in [2.05, 4.69) is 15.0 Å². The molecule has 0 bridgehead atoms. The van der Waals surface area contributed by atoms with Crippen molar-refractivity contribution < 1.29 is 42.7 Å². The molecule has 3 fully saturated rings. The first-order chi connectivity index (χ1) is 17.8. The van der Waals surface area contributed by atoms with Gasteiger partial charge in [-0.2, -0.15) is 9.97 Å². The molecule has 200 valence electrons. The molecule has 3 aromatic rings. The van der Waals surface area contributed by atoms with Crippen molar-refractivity contribution >= 4 is 22.8 Å². The SMILES string of the molecule is CC.O[C@@H]1CO[C@H]2[C@@H]1OC[C@H]2Oc1nc2nc(OCc3c(F)cc(C4(O)COC4)cc3F)c(Cl)cc2[nH]1. The zero-order valence-electron chi connectivity index (χ0n) is 20.0. The number of imidazole rings is 1. The van der Waals surface area contributed by atoms with Gasteiger partial charge in [-0.1, -0.05) is 25.4 Å². The highest BCUT2D eigenvalue weighted by Gasteiger charge is 2.48. The number of pyridine rings is 1. The highest BCUT2D eigenvalue weighted by molar-refractivity contribution is 6.32. The van der Waals surface area contributed by atoms with Crippen LogP contribution >= 0.6 is 11.6 Å². The first-order valence-electron chi connectivity index (χ1n) is 11.9. The molecule has 0 aliphatic carbocycles. The maximum absolute atomic E-state index is 14.6. The molecule has 3 saturated heterocycles. The molecule has 0 unspecified atom stereocenters. The molecule has 0 spiro atoms. The van der Waals surface area contributed by atoms with Crippen LogP contribution < -0.4 is 9.47 Å². The Morgan fingerprint density at radius 2 is 1.81 bits per heavy atom. The summed E-state index contributed by atoms with van der Waals surface area (Å²) in [6.07, 6.45) is -2.03. The van der Waals surface area contributed by atoms with E-state index in [9.17, 15) is 19.0 Å².